The van der Waals surface area contributed by atoms with Gasteiger partial charge in [0.25, 0.3) is 0 Å². The lowest BCUT2D eigenvalue weighted by molar-refractivity contribution is 0.407. The summed E-state index contributed by atoms with van der Waals surface area (Å²) in [5.74, 6) is 0.232. The van der Waals surface area contributed by atoms with E-state index >= 15 is 0 Å². The molecule has 1 unspecified atom stereocenters. The normalized spacial score (nSPS) is 13.1. The van der Waals surface area contributed by atoms with Gasteiger partial charge in [-0.3, -0.25) is 0 Å². The average Bonchev–Trinajstić information content (AvgIpc) is 2.68. The van der Waals surface area contributed by atoms with Gasteiger partial charge in [0.1, 0.15) is 0 Å². The second-order valence-corrected chi connectivity index (χ2v) is 11.5. The topological polar surface area (TPSA) is 0 Å². The minimum atomic E-state index is -1.08. The van der Waals surface area contributed by atoms with E-state index in [1.165, 1.54) is 128 Å². The second kappa shape index (κ2) is 22.1. The molecule has 0 aromatic heterocycles. The summed E-state index contributed by atoms with van der Waals surface area (Å²) in [4.78, 5) is 0. The Morgan fingerprint density at radius 1 is 0.414 bits per heavy atom. The summed E-state index contributed by atoms with van der Waals surface area (Å²) in [5.41, 5.74) is 0. The molecule has 0 rings (SSSR count). The van der Waals surface area contributed by atoms with Crippen molar-refractivity contribution >= 4 is 34.8 Å². The van der Waals surface area contributed by atoms with Crippen molar-refractivity contribution in [2.24, 2.45) is 5.92 Å². The Hall–Kier alpha value is 0.870. The molecule has 0 aliphatic carbocycles. The lowest BCUT2D eigenvalue weighted by atomic mass is 9.95. The van der Waals surface area contributed by atoms with Crippen LogP contribution in [0.1, 0.15) is 155 Å². The maximum atomic E-state index is 6.25. The van der Waals surface area contributed by atoms with Gasteiger partial charge in [-0.15, -0.1) is 0 Å². The van der Waals surface area contributed by atoms with Gasteiger partial charge in [0.2, 0.25) is 0 Å². The minimum absolute atomic E-state index is 0.232. The zero-order valence-corrected chi connectivity index (χ0v) is 22.0. The van der Waals surface area contributed by atoms with E-state index in [9.17, 15) is 0 Å². The molecular weight excluding hydrogens is 419 g/mol. The van der Waals surface area contributed by atoms with Crippen LogP contribution in [-0.2, 0) is 0 Å². The number of unbranched alkanes of at least 4 members (excludes halogenated alkanes) is 18. The van der Waals surface area contributed by atoms with Crippen molar-refractivity contribution in [3.8, 4) is 0 Å². The van der Waals surface area contributed by atoms with Gasteiger partial charge in [-0.05, 0) is 12.8 Å². The molecular formula is C26H51Cl3. The van der Waals surface area contributed by atoms with Crippen LogP contribution >= 0.6 is 34.8 Å². The van der Waals surface area contributed by atoms with Crippen molar-refractivity contribution in [3.05, 3.63) is 0 Å². The van der Waals surface area contributed by atoms with Crippen LogP contribution < -0.4 is 0 Å². The maximum absolute atomic E-state index is 6.25. The summed E-state index contributed by atoms with van der Waals surface area (Å²) in [6, 6.07) is 0. The summed E-state index contributed by atoms with van der Waals surface area (Å²) < 4.78 is -1.08. The molecule has 1 atom stereocenters. The predicted octanol–water partition coefficient (Wildman–Crippen LogP) is 11.6. The zero-order valence-electron chi connectivity index (χ0n) is 19.8. The highest BCUT2D eigenvalue weighted by Crippen LogP contribution is 2.41. The summed E-state index contributed by atoms with van der Waals surface area (Å²) in [5, 5.41) is 0. The first-order chi connectivity index (χ1) is 14.0. The Labute approximate surface area is 199 Å². The Kier molecular flexibility index (Phi) is 22.7. The number of hydrogen-bond acceptors (Lipinski definition) is 0. The van der Waals surface area contributed by atoms with E-state index in [-0.39, 0.29) is 5.92 Å². The molecule has 0 bridgehead atoms. The van der Waals surface area contributed by atoms with Crippen LogP contribution in [0.2, 0.25) is 0 Å². The van der Waals surface area contributed by atoms with Gasteiger partial charge in [0, 0.05) is 5.92 Å². The molecule has 0 aliphatic heterocycles. The van der Waals surface area contributed by atoms with Crippen LogP contribution in [-0.4, -0.2) is 3.79 Å². The van der Waals surface area contributed by atoms with Gasteiger partial charge in [-0.1, -0.05) is 177 Å². The van der Waals surface area contributed by atoms with Crippen LogP contribution in [0.25, 0.3) is 0 Å². The third-order valence-corrected chi connectivity index (χ3v) is 7.20. The molecule has 0 aliphatic rings. The van der Waals surface area contributed by atoms with Crippen molar-refractivity contribution in [1.82, 2.24) is 0 Å². The number of halogens is 3. The molecule has 3 heteroatoms. The molecule has 0 aromatic rings. The van der Waals surface area contributed by atoms with E-state index in [4.69, 9.17) is 34.8 Å². The van der Waals surface area contributed by atoms with Gasteiger partial charge < -0.3 is 0 Å². The molecule has 0 spiro atoms. The van der Waals surface area contributed by atoms with E-state index in [0.29, 0.717) is 0 Å². The zero-order chi connectivity index (χ0) is 21.6. The van der Waals surface area contributed by atoms with Crippen LogP contribution in [0.3, 0.4) is 0 Å². The van der Waals surface area contributed by atoms with E-state index in [1.807, 2.05) is 0 Å². The van der Waals surface area contributed by atoms with Gasteiger partial charge in [-0.2, -0.15) is 0 Å². The minimum Gasteiger partial charge on any atom is -0.0834 e. The molecule has 0 radical (unpaired) electrons. The fraction of sp³-hybridized carbons (Fsp3) is 1.00. The highest BCUT2D eigenvalue weighted by molar-refractivity contribution is 6.67. The summed E-state index contributed by atoms with van der Waals surface area (Å²) in [6.07, 6.45) is 29.5. The van der Waals surface area contributed by atoms with Crippen molar-refractivity contribution in [2.75, 3.05) is 0 Å². The van der Waals surface area contributed by atoms with Gasteiger partial charge in [-0.25, -0.2) is 0 Å². The van der Waals surface area contributed by atoms with E-state index in [0.717, 1.165) is 12.8 Å². The van der Waals surface area contributed by atoms with Crippen LogP contribution in [0, 0.1) is 5.92 Å². The number of hydrogen-bond donors (Lipinski definition) is 0. The fourth-order valence-corrected chi connectivity index (χ4v) is 4.88. The largest absolute Gasteiger partial charge is 0.193 e. The monoisotopic (exact) mass is 468 g/mol. The molecule has 0 aromatic carbocycles. The standard InChI is InChI=1S/C26H51Cl3/c1-3-5-7-9-11-12-13-14-15-16-17-18-20-22-24-25(26(27,28)29)23-21-19-10-8-6-4-2/h25H,3-24H2,1-2H3. The molecule has 0 heterocycles. The molecule has 0 N–H and O–H groups in total. The van der Waals surface area contributed by atoms with E-state index in [2.05, 4.69) is 13.8 Å². The van der Waals surface area contributed by atoms with Crippen molar-refractivity contribution in [2.45, 2.75) is 159 Å². The third-order valence-electron chi connectivity index (χ3n) is 6.28. The smallest absolute Gasteiger partial charge is 0.0834 e. The fourth-order valence-electron chi connectivity index (χ4n) is 4.23. The highest BCUT2D eigenvalue weighted by atomic mass is 35.6. The molecule has 0 saturated carbocycles. The van der Waals surface area contributed by atoms with Crippen molar-refractivity contribution in [3.63, 3.8) is 0 Å². The van der Waals surface area contributed by atoms with Crippen LogP contribution in [0.4, 0.5) is 0 Å². The first-order valence-corrected chi connectivity index (χ1v) is 14.2. The second-order valence-electron chi connectivity index (χ2n) is 9.18. The van der Waals surface area contributed by atoms with Crippen LogP contribution in [0.15, 0.2) is 0 Å². The lowest BCUT2D eigenvalue weighted by Gasteiger charge is -2.24. The average molecular weight is 470 g/mol. The summed E-state index contributed by atoms with van der Waals surface area (Å²) >= 11 is 18.8. The first-order valence-electron chi connectivity index (χ1n) is 13.1. The highest BCUT2D eigenvalue weighted by Gasteiger charge is 2.31. The molecule has 176 valence electrons. The van der Waals surface area contributed by atoms with Gasteiger partial charge >= 0.3 is 0 Å². The molecule has 0 saturated heterocycles. The molecule has 0 nitrogen and oxygen atoms in total. The Balaban J connectivity index is 3.51. The molecule has 29 heavy (non-hydrogen) atoms. The first kappa shape index (κ1) is 29.9. The van der Waals surface area contributed by atoms with E-state index in [1.54, 1.807) is 0 Å². The Morgan fingerprint density at radius 3 is 0.897 bits per heavy atom. The Bertz CT molecular complexity index is 312. The quantitative estimate of drug-likeness (QED) is 0.109. The lowest BCUT2D eigenvalue weighted by Crippen LogP contribution is -2.19. The van der Waals surface area contributed by atoms with Crippen molar-refractivity contribution < 1.29 is 0 Å². The predicted molar refractivity (Wildman–Crippen MR) is 137 cm³/mol. The summed E-state index contributed by atoms with van der Waals surface area (Å²) in [7, 11) is 0. The number of alkyl halides is 3. The third kappa shape index (κ3) is 21.9. The van der Waals surface area contributed by atoms with Crippen LogP contribution in [0.5, 0.6) is 0 Å². The maximum Gasteiger partial charge on any atom is 0.193 e. The van der Waals surface area contributed by atoms with E-state index < -0.39 is 3.79 Å². The summed E-state index contributed by atoms with van der Waals surface area (Å²) in [6.45, 7) is 4.55. The Morgan fingerprint density at radius 2 is 0.655 bits per heavy atom. The van der Waals surface area contributed by atoms with Gasteiger partial charge in [0.15, 0.2) is 3.79 Å². The molecule has 0 amide bonds. The van der Waals surface area contributed by atoms with Gasteiger partial charge in [0.05, 0.1) is 0 Å². The molecule has 0 fully saturated rings. The SMILES string of the molecule is CCCCCCCCCCCCCCCCC(CCCCCCCC)C(Cl)(Cl)Cl. The number of rotatable bonds is 22. The van der Waals surface area contributed by atoms with Crippen molar-refractivity contribution in [1.29, 1.82) is 0 Å².